The molecule has 0 N–H and O–H groups in total. The highest BCUT2D eigenvalue weighted by Gasteiger charge is 1.45. The number of hydrogen-bond donors (Lipinski definition) is 0. The molecule has 0 unspecified atom stereocenters. The molecule has 0 radical (unpaired) electrons. The molecule has 0 amide bonds. The van der Waals surface area contributed by atoms with Crippen LogP contribution < -0.4 is 0 Å². The molecule has 0 aromatic carbocycles. The van der Waals surface area contributed by atoms with E-state index in [-0.39, 0.29) is 23.1 Å². The Bertz CT molecular complexity index is 17.6. The highest BCUT2D eigenvalue weighted by molar-refractivity contribution is 5.75. The molecule has 0 atom stereocenters. The Morgan fingerprint density at radius 2 is 2.00 bits per heavy atom. The van der Waals surface area contributed by atoms with Crippen molar-refractivity contribution in [2.45, 2.75) is 13.3 Å². The fourth-order valence-corrected chi connectivity index (χ4v) is 0. The molecule has 0 fully saturated rings. The van der Waals surface area contributed by atoms with Gasteiger partial charge in [0.15, 0.2) is 0 Å². The molecule has 0 nitrogen and oxygen atoms in total. The first-order valence-electron chi connectivity index (χ1n) is 1.52. The standard InChI is InChI=1S/C4H8.Mg.2H/c1-3-4-2;;;/h3H,1,4H2,2H3;;;. The van der Waals surface area contributed by atoms with Gasteiger partial charge in [-0.2, -0.15) is 0 Å². The Morgan fingerprint density at radius 1 is 1.80 bits per heavy atom. The van der Waals surface area contributed by atoms with Crippen molar-refractivity contribution in [3.05, 3.63) is 12.7 Å². The van der Waals surface area contributed by atoms with Crippen molar-refractivity contribution in [3.8, 4) is 0 Å². The van der Waals surface area contributed by atoms with E-state index in [2.05, 4.69) is 13.5 Å². The fraction of sp³-hybridized carbons (Fsp3) is 0.500. The third-order valence-electron chi connectivity index (χ3n) is 0.289. The second-order valence-electron chi connectivity index (χ2n) is 0.697. The van der Waals surface area contributed by atoms with E-state index in [0.29, 0.717) is 0 Å². The van der Waals surface area contributed by atoms with Crippen molar-refractivity contribution in [2.75, 3.05) is 0 Å². The van der Waals surface area contributed by atoms with Crippen molar-refractivity contribution in [2.24, 2.45) is 0 Å². The van der Waals surface area contributed by atoms with Gasteiger partial charge >= 0.3 is 23.1 Å². The maximum atomic E-state index is 3.48. The summed E-state index contributed by atoms with van der Waals surface area (Å²) in [7, 11) is 0. The van der Waals surface area contributed by atoms with Crippen LogP contribution in [0.3, 0.4) is 0 Å². The molecule has 0 saturated carbocycles. The lowest BCUT2D eigenvalue weighted by molar-refractivity contribution is 1.23. The number of hydrogen-bond acceptors (Lipinski definition) is 0. The quantitative estimate of drug-likeness (QED) is 0.322. The number of rotatable bonds is 1. The van der Waals surface area contributed by atoms with E-state index in [9.17, 15) is 0 Å². The highest BCUT2D eigenvalue weighted by Crippen LogP contribution is 1.66. The zero-order valence-electron chi connectivity index (χ0n) is 2.99. The molecule has 0 rings (SSSR count). The first kappa shape index (κ1) is 9.09. The summed E-state index contributed by atoms with van der Waals surface area (Å²) < 4.78 is 0. The Hall–Kier alpha value is 0.506. The van der Waals surface area contributed by atoms with Crippen LogP contribution in [0.2, 0.25) is 0 Å². The molecule has 1 heteroatoms. The van der Waals surface area contributed by atoms with Gasteiger partial charge in [-0.1, -0.05) is 13.0 Å². The minimum Gasteiger partial charge on any atom is -0.103 e. The lowest BCUT2D eigenvalue weighted by atomic mass is 10.5. The third-order valence-corrected chi connectivity index (χ3v) is 0.289. The number of allylic oxidation sites excluding steroid dienone is 1. The molecule has 0 saturated heterocycles. The molecule has 0 heterocycles. The lowest BCUT2D eigenvalue weighted by Crippen LogP contribution is -1.36. The Labute approximate surface area is 49.4 Å². The summed E-state index contributed by atoms with van der Waals surface area (Å²) in [5.74, 6) is 0. The average Bonchev–Trinajstić information content (AvgIpc) is 1.37. The molecule has 0 aliphatic carbocycles. The van der Waals surface area contributed by atoms with Gasteiger partial charge in [0.05, 0.1) is 0 Å². The first-order chi connectivity index (χ1) is 1.91. The SMILES string of the molecule is C=CCC.[MgH2]. The third kappa shape index (κ3) is 12.5. The van der Waals surface area contributed by atoms with Crippen LogP contribution in [0.1, 0.15) is 13.3 Å². The van der Waals surface area contributed by atoms with E-state index >= 15 is 0 Å². The van der Waals surface area contributed by atoms with Gasteiger partial charge in [0.1, 0.15) is 0 Å². The molecular weight excluding hydrogens is 72.3 g/mol. The molecule has 0 aliphatic heterocycles. The zero-order chi connectivity index (χ0) is 3.41. The van der Waals surface area contributed by atoms with Gasteiger partial charge < -0.3 is 0 Å². The van der Waals surface area contributed by atoms with Crippen LogP contribution >= 0.6 is 0 Å². The molecule has 5 heavy (non-hydrogen) atoms. The molecule has 0 aromatic heterocycles. The summed E-state index contributed by atoms with van der Waals surface area (Å²) in [6.07, 6.45) is 2.96. The van der Waals surface area contributed by atoms with E-state index < -0.39 is 0 Å². The van der Waals surface area contributed by atoms with Gasteiger partial charge in [0.25, 0.3) is 0 Å². The minimum atomic E-state index is 0. The summed E-state index contributed by atoms with van der Waals surface area (Å²) in [5, 5.41) is 0. The van der Waals surface area contributed by atoms with Crippen molar-refractivity contribution >= 4 is 23.1 Å². The molecular formula is C4H10Mg. The van der Waals surface area contributed by atoms with Gasteiger partial charge in [0, 0.05) is 0 Å². The van der Waals surface area contributed by atoms with Crippen LogP contribution in [0.25, 0.3) is 0 Å². The second-order valence-corrected chi connectivity index (χ2v) is 0.697. The predicted molar refractivity (Wildman–Crippen MR) is 29.0 cm³/mol. The van der Waals surface area contributed by atoms with Crippen molar-refractivity contribution in [1.82, 2.24) is 0 Å². The summed E-state index contributed by atoms with van der Waals surface area (Å²) >= 11 is 0. The average molecular weight is 82.4 g/mol. The van der Waals surface area contributed by atoms with Gasteiger partial charge in [0.2, 0.25) is 0 Å². The minimum absolute atomic E-state index is 0. The normalized spacial score (nSPS) is 5.00. The molecule has 0 spiro atoms. The van der Waals surface area contributed by atoms with E-state index in [1.54, 1.807) is 0 Å². The van der Waals surface area contributed by atoms with Crippen LogP contribution in [0.15, 0.2) is 12.7 Å². The summed E-state index contributed by atoms with van der Waals surface area (Å²) in [4.78, 5) is 0. The monoisotopic (exact) mass is 82.1 g/mol. The van der Waals surface area contributed by atoms with Gasteiger partial charge in [-0.05, 0) is 6.42 Å². The molecule has 0 bridgehead atoms. The Balaban J connectivity index is 0. The topological polar surface area (TPSA) is 0 Å². The zero-order valence-corrected chi connectivity index (χ0v) is 2.99. The largest absolute Gasteiger partial charge is 0.316 e. The van der Waals surface area contributed by atoms with Crippen molar-refractivity contribution in [1.29, 1.82) is 0 Å². The van der Waals surface area contributed by atoms with Gasteiger partial charge in [-0.15, -0.1) is 6.58 Å². The first-order valence-corrected chi connectivity index (χ1v) is 1.52. The van der Waals surface area contributed by atoms with Crippen molar-refractivity contribution in [3.63, 3.8) is 0 Å². The van der Waals surface area contributed by atoms with Crippen molar-refractivity contribution < 1.29 is 0 Å². The highest BCUT2D eigenvalue weighted by atomic mass is 24.3. The van der Waals surface area contributed by atoms with E-state index in [4.69, 9.17) is 0 Å². The fourth-order valence-electron chi connectivity index (χ4n) is 0. The lowest BCUT2D eigenvalue weighted by Gasteiger charge is -1.57. The van der Waals surface area contributed by atoms with E-state index in [1.165, 1.54) is 0 Å². The van der Waals surface area contributed by atoms with Crippen LogP contribution in [-0.2, 0) is 0 Å². The maximum absolute atomic E-state index is 3.48. The van der Waals surface area contributed by atoms with Gasteiger partial charge in [-0.25, -0.2) is 0 Å². The summed E-state index contributed by atoms with van der Waals surface area (Å²) in [6.45, 7) is 5.54. The van der Waals surface area contributed by atoms with Crippen LogP contribution in [-0.4, -0.2) is 23.1 Å². The van der Waals surface area contributed by atoms with Gasteiger partial charge in [-0.3, -0.25) is 0 Å². The van der Waals surface area contributed by atoms with Crippen LogP contribution in [0.5, 0.6) is 0 Å². The molecule has 28 valence electrons. The summed E-state index contributed by atoms with van der Waals surface area (Å²) in [5.41, 5.74) is 0. The maximum Gasteiger partial charge on any atom is 0.316 e. The molecule has 0 aliphatic rings. The van der Waals surface area contributed by atoms with Crippen LogP contribution in [0, 0.1) is 0 Å². The predicted octanol–water partition coefficient (Wildman–Crippen LogP) is 0.666. The van der Waals surface area contributed by atoms with Crippen LogP contribution in [0.4, 0.5) is 0 Å². The Morgan fingerprint density at radius 3 is 2.00 bits per heavy atom. The van der Waals surface area contributed by atoms with E-state index in [1.807, 2.05) is 6.08 Å². The molecule has 0 aromatic rings. The second kappa shape index (κ2) is 8.82. The van der Waals surface area contributed by atoms with E-state index in [0.717, 1.165) is 6.42 Å². The summed E-state index contributed by atoms with van der Waals surface area (Å²) in [6, 6.07) is 0. The Kier molecular flexibility index (Phi) is 16.0. The smallest absolute Gasteiger partial charge is 0.103 e.